The molecule has 1 aromatic rings. The van der Waals surface area contributed by atoms with E-state index in [-0.39, 0.29) is 5.41 Å². The maximum Gasteiger partial charge on any atom is 0.0180 e. The summed E-state index contributed by atoms with van der Waals surface area (Å²) in [5.74, 6) is 0. The average molecular weight is 296 g/mol. The van der Waals surface area contributed by atoms with E-state index in [1.165, 1.54) is 47.7 Å². The van der Waals surface area contributed by atoms with Crippen molar-refractivity contribution in [1.29, 1.82) is 0 Å². The monoisotopic (exact) mass is 295 g/mol. The molecule has 94 valence electrons. The normalized spacial score (nSPS) is 19.2. The smallest absolute Gasteiger partial charge is 0.0180 e. The highest BCUT2D eigenvalue weighted by molar-refractivity contribution is 9.10. The van der Waals surface area contributed by atoms with Crippen molar-refractivity contribution in [2.75, 3.05) is 6.54 Å². The summed E-state index contributed by atoms with van der Waals surface area (Å²) in [6.07, 6.45) is 7.62. The van der Waals surface area contributed by atoms with Gasteiger partial charge in [-0.3, -0.25) is 0 Å². The van der Waals surface area contributed by atoms with E-state index in [1.54, 1.807) is 0 Å². The second-order valence-electron chi connectivity index (χ2n) is 5.25. The van der Waals surface area contributed by atoms with Crippen molar-refractivity contribution in [2.24, 2.45) is 5.73 Å². The standard InChI is InChI=1S/C15H22BrN/c1-2-12-8-13(10-14(16)9-12)15(11-17)6-4-3-5-7-15/h8-10H,2-7,11,17H2,1H3. The molecule has 1 fully saturated rings. The van der Waals surface area contributed by atoms with Crippen molar-refractivity contribution >= 4 is 15.9 Å². The number of hydrogen-bond donors (Lipinski definition) is 1. The van der Waals surface area contributed by atoms with Crippen LogP contribution in [0, 0.1) is 0 Å². The molecule has 2 heteroatoms. The SMILES string of the molecule is CCc1cc(Br)cc(C2(CN)CCCCC2)c1. The molecule has 0 bridgehead atoms. The zero-order valence-corrected chi connectivity index (χ0v) is 12.2. The number of aryl methyl sites for hydroxylation is 1. The van der Waals surface area contributed by atoms with E-state index < -0.39 is 0 Å². The number of nitrogens with two attached hydrogens (primary N) is 1. The maximum absolute atomic E-state index is 6.10. The van der Waals surface area contributed by atoms with Gasteiger partial charge in [0.25, 0.3) is 0 Å². The van der Waals surface area contributed by atoms with Crippen LogP contribution in [-0.4, -0.2) is 6.54 Å². The van der Waals surface area contributed by atoms with E-state index in [9.17, 15) is 0 Å². The Morgan fingerprint density at radius 3 is 2.47 bits per heavy atom. The van der Waals surface area contributed by atoms with Crippen molar-refractivity contribution in [2.45, 2.75) is 50.9 Å². The van der Waals surface area contributed by atoms with Crippen molar-refractivity contribution in [3.05, 3.63) is 33.8 Å². The molecular weight excluding hydrogens is 274 g/mol. The Kier molecular flexibility index (Phi) is 4.26. The Balaban J connectivity index is 2.38. The van der Waals surface area contributed by atoms with E-state index >= 15 is 0 Å². The highest BCUT2D eigenvalue weighted by atomic mass is 79.9. The van der Waals surface area contributed by atoms with Crippen LogP contribution in [0.1, 0.15) is 50.2 Å². The molecule has 0 unspecified atom stereocenters. The van der Waals surface area contributed by atoms with E-state index in [4.69, 9.17) is 5.73 Å². The molecule has 0 aliphatic heterocycles. The van der Waals surface area contributed by atoms with Gasteiger partial charge in [-0.25, -0.2) is 0 Å². The van der Waals surface area contributed by atoms with Crippen molar-refractivity contribution in [3.63, 3.8) is 0 Å². The van der Waals surface area contributed by atoms with Crippen LogP contribution in [0.4, 0.5) is 0 Å². The lowest BCUT2D eigenvalue weighted by atomic mass is 9.69. The Hall–Kier alpha value is -0.340. The fourth-order valence-corrected chi connectivity index (χ4v) is 3.54. The second kappa shape index (κ2) is 5.53. The molecule has 1 nitrogen and oxygen atoms in total. The summed E-state index contributed by atoms with van der Waals surface area (Å²) in [6.45, 7) is 2.99. The molecule has 0 atom stereocenters. The van der Waals surface area contributed by atoms with Gasteiger partial charge in [-0.1, -0.05) is 48.2 Å². The molecule has 0 heterocycles. The Morgan fingerprint density at radius 1 is 1.18 bits per heavy atom. The van der Waals surface area contributed by atoms with Gasteiger partial charge >= 0.3 is 0 Å². The molecule has 0 saturated heterocycles. The van der Waals surface area contributed by atoms with Crippen molar-refractivity contribution < 1.29 is 0 Å². The molecule has 1 saturated carbocycles. The summed E-state index contributed by atoms with van der Waals surface area (Å²) in [7, 11) is 0. The largest absolute Gasteiger partial charge is 0.330 e. The van der Waals surface area contributed by atoms with Crippen LogP contribution >= 0.6 is 15.9 Å². The molecule has 0 radical (unpaired) electrons. The van der Waals surface area contributed by atoms with Crippen LogP contribution in [0.5, 0.6) is 0 Å². The molecular formula is C15H22BrN. The van der Waals surface area contributed by atoms with E-state index in [0.29, 0.717) is 0 Å². The molecule has 2 rings (SSSR count). The van der Waals surface area contributed by atoms with Crippen LogP contribution in [-0.2, 0) is 11.8 Å². The van der Waals surface area contributed by atoms with E-state index in [0.717, 1.165) is 13.0 Å². The minimum atomic E-state index is 0.242. The summed E-state index contributed by atoms with van der Waals surface area (Å²) in [5.41, 5.74) is 9.20. The van der Waals surface area contributed by atoms with Crippen LogP contribution in [0.2, 0.25) is 0 Å². The highest BCUT2D eigenvalue weighted by Crippen LogP contribution is 2.39. The topological polar surface area (TPSA) is 26.0 Å². The van der Waals surface area contributed by atoms with Crippen LogP contribution in [0.15, 0.2) is 22.7 Å². The third-order valence-corrected chi connectivity index (χ3v) is 4.64. The first kappa shape index (κ1) is 13.1. The number of benzene rings is 1. The molecule has 0 spiro atoms. The van der Waals surface area contributed by atoms with Crippen LogP contribution < -0.4 is 5.73 Å². The van der Waals surface area contributed by atoms with Gasteiger partial charge < -0.3 is 5.73 Å². The van der Waals surface area contributed by atoms with Gasteiger partial charge in [0.1, 0.15) is 0 Å². The highest BCUT2D eigenvalue weighted by Gasteiger charge is 2.32. The summed E-state index contributed by atoms with van der Waals surface area (Å²) in [4.78, 5) is 0. The average Bonchev–Trinajstić information content (AvgIpc) is 2.38. The van der Waals surface area contributed by atoms with E-state index in [1.807, 2.05) is 0 Å². The summed E-state index contributed by atoms with van der Waals surface area (Å²) < 4.78 is 1.20. The second-order valence-corrected chi connectivity index (χ2v) is 6.16. The summed E-state index contributed by atoms with van der Waals surface area (Å²) >= 11 is 3.63. The Morgan fingerprint density at radius 2 is 1.88 bits per heavy atom. The number of hydrogen-bond acceptors (Lipinski definition) is 1. The van der Waals surface area contributed by atoms with Gasteiger partial charge in [0.2, 0.25) is 0 Å². The van der Waals surface area contributed by atoms with Gasteiger partial charge in [-0.15, -0.1) is 0 Å². The third kappa shape index (κ3) is 2.74. The first-order valence-corrected chi connectivity index (χ1v) is 7.49. The Bertz CT molecular complexity index is 381. The maximum atomic E-state index is 6.10. The molecule has 1 aliphatic carbocycles. The molecule has 17 heavy (non-hydrogen) atoms. The first-order valence-electron chi connectivity index (χ1n) is 6.70. The predicted octanol–water partition coefficient (Wildman–Crippen LogP) is 4.17. The van der Waals surface area contributed by atoms with E-state index in [2.05, 4.69) is 41.1 Å². The molecule has 1 aliphatic rings. The van der Waals surface area contributed by atoms with Crippen molar-refractivity contribution in [3.8, 4) is 0 Å². The predicted molar refractivity (Wildman–Crippen MR) is 77.3 cm³/mol. The zero-order chi connectivity index (χ0) is 12.3. The lowest BCUT2D eigenvalue weighted by molar-refractivity contribution is 0.300. The molecule has 0 amide bonds. The lowest BCUT2D eigenvalue weighted by Gasteiger charge is -2.37. The van der Waals surface area contributed by atoms with Gasteiger partial charge in [0, 0.05) is 16.4 Å². The Labute approximate surface area is 113 Å². The quantitative estimate of drug-likeness (QED) is 0.890. The summed E-state index contributed by atoms with van der Waals surface area (Å²) in [6, 6.07) is 6.86. The molecule has 0 aromatic heterocycles. The van der Waals surface area contributed by atoms with Gasteiger partial charge in [0.15, 0.2) is 0 Å². The minimum Gasteiger partial charge on any atom is -0.330 e. The minimum absolute atomic E-state index is 0.242. The third-order valence-electron chi connectivity index (χ3n) is 4.18. The van der Waals surface area contributed by atoms with Crippen LogP contribution in [0.25, 0.3) is 0 Å². The van der Waals surface area contributed by atoms with Gasteiger partial charge in [-0.05, 0) is 42.5 Å². The number of halogens is 1. The summed E-state index contributed by atoms with van der Waals surface area (Å²) in [5, 5.41) is 0. The fourth-order valence-electron chi connectivity index (χ4n) is 3.00. The van der Waals surface area contributed by atoms with Crippen molar-refractivity contribution in [1.82, 2.24) is 0 Å². The van der Waals surface area contributed by atoms with Gasteiger partial charge in [-0.2, -0.15) is 0 Å². The fraction of sp³-hybridized carbons (Fsp3) is 0.600. The zero-order valence-electron chi connectivity index (χ0n) is 10.6. The lowest BCUT2D eigenvalue weighted by Crippen LogP contribution is -2.37. The van der Waals surface area contributed by atoms with Gasteiger partial charge in [0.05, 0.1) is 0 Å². The molecule has 2 N–H and O–H groups in total. The first-order chi connectivity index (χ1) is 8.20. The number of rotatable bonds is 3. The van der Waals surface area contributed by atoms with Crippen LogP contribution in [0.3, 0.4) is 0 Å². The molecule has 1 aromatic carbocycles.